The lowest BCUT2D eigenvalue weighted by molar-refractivity contribution is -0.139. The molecule has 0 aliphatic carbocycles. The average Bonchev–Trinajstić information content (AvgIpc) is 3.45. The number of carbonyl (C=O) groups excluding carboxylic acids is 2. The number of ether oxygens (including phenoxy) is 2. The van der Waals surface area contributed by atoms with Crippen LogP contribution in [0.5, 0.6) is 11.5 Å². The number of aliphatic hydroxyl groups is 1. The van der Waals surface area contributed by atoms with Crippen molar-refractivity contribution < 1.29 is 24.2 Å². The predicted octanol–water partition coefficient (Wildman–Crippen LogP) is 6.24. The molecule has 2 heterocycles. The number of hydrogen-bond acceptors (Lipinski definition) is 5. The molecule has 3 aromatic rings. The summed E-state index contributed by atoms with van der Waals surface area (Å²) in [6.07, 6.45) is 4.61. The Morgan fingerprint density at radius 1 is 1.03 bits per heavy atom. The van der Waals surface area contributed by atoms with Crippen LogP contribution in [0.25, 0.3) is 5.76 Å². The van der Waals surface area contributed by atoms with Gasteiger partial charge in [0.2, 0.25) is 0 Å². The van der Waals surface area contributed by atoms with Crippen molar-refractivity contribution in [1.29, 1.82) is 0 Å². The lowest BCUT2D eigenvalue weighted by Crippen LogP contribution is -2.31. The first-order chi connectivity index (χ1) is 19.0. The number of aliphatic hydroxyl groups excluding tert-OH is 1. The molecule has 1 fully saturated rings. The summed E-state index contributed by atoms with van der Waals surface area (Å²) < 4.78 is 11.7. The van der Waals surface area contributed by atoms with Crippen molar-refractivity contribution in [3.8, 4) is 11.5 Å². The van der Waals surface area contributed by atoms with Crippen molar-refractivity contribution in [1.82, 2.24) is 4.90 Å². The van der Waals surface area contributed by atoms with Gasteiger partial charge >= 0.3 is 0 Å². The van der Waals surface area contributed by atoms with E-state index in [1.54, 1.807) is 11.0 Å². The van der Waals surface area contributed by atoms with E-state index >= 15 is 0 Å². The Morgan fingerprint density at radius 2 is 1.79 bits per heavy atom. The molecule has 0 spiro atoms. The number of ketones is 1. The fraction of sp³-hybridized carbons (Fsp3) is 0.333. The Hall–Kier alpha value is -4.06. The molecule has 6 heteroatoms. The third-order valence-electron chi connectivity index (χ3n) is 7.41. The van der Waals surface area contributed by atoms with Crippen molar-refractivity contribution in [2.45, 2.75) is 58.1 Å². The van der Waals surface area contributed by atoms with Crippen molar-refractivity contribution in [3.63, 3.8) is 0 Å². The molecule has 2 aliphatic rings. The third-order valence-corrected chi connectivity index (χ3v) is 7.41. The molecule has 0 unspecified atom stereocenters. The molecule has 5 rings (SSSR count). The smallest absolute Gasteiger partial charge is 0.295 e. The molecule has 2 atom stereocenters. The molecular formula is C33H35NO5. The molecular weight excluding hydrogens is 490 g/mol. The van der Waals surface area contributed by atoms with Crippen molar-refractivity contribution in [2.75, 3.05) is 13.2 Å². The molecule has 1 amide bonds. The molecule has 2 aliphatic heterocycles. The van der Waals surface area contributed by atoms with Gasteiger partial charge in [-0.25, -0.2) is 0 Å². The highest BCUT2D eigenvalue weighted by molar-refractivity contribution is 6.46. The van der Waals surface area contributed by atoms with Crippen LogP contribution < -0.4 is 9.47 Å². The Labute approximate surface area is 229 Å². The summed E-state index contributed by atoms with van der Waals surface area (Å²) in [6.45, 7) is 5.14. The van der Waals surface area contributed by atoms with Crippen molar-refractivity contribution in [2.24, 2.45) is 0 Å². The second kappa shape index (κ2) is 11.8. The van der Waals surface area contributed by atoms with Crippen LogP contribution >= 0.6 is 0 Å². The molecule has 1 N–H and O–H groups in total. The Balaban J connectivity index is 1.49. The maximum atomic E-state index is 13.4. The van der Waals surface area contributed by atoms with Gasteiger partial charge in [-0.3, -0.25) is 9.59 Å². The van der Waals surface area contributed by atoms with Crippen LogP contribution in [0.4, 0.5) is 0 Å². The fourth-order valence-corrected chi connectivity index (χ4v) is 5.36. The first kappa shape index (κ1) is 26.5. The minimum absolute atomic E-state index is 0.0590. The average molecular weight is 526 g/mol. The molecule has 0 radical (unpaired) electrons. The van der Waals surface area contributed by atoms with Gasteiger partial charge < -0.3 is 19.5 Å². The number of likely N-dealkylation sites (tertiary alicyclic amines) is 1. The second-order valence-electron chi connectivity index (χ2n) is 10.3. The van der Waals surface area contributed by atoms with Gasteiger partial charge in [0, 0.05) is 18.5 Å². The molecule has 0 saturated carbocycles. The summed E-state index contributed by atoms with van der Waals surface area (Å²) in [4.78, 5) is 28.3. The Morgan fingerprint density at radius 3 is 2.54 bits per heavy atom. The zero-order valence-electron chi connectivity index (χ0n) is 22.6. The topological polar surface area (TPSA) is 76.1 Å². The number of amides is 1. The number of Topliss-reactive ketones (excluding diaryl/α,β-unsaturated/α-hetero) is 1. The van der Waals surface area contributed by atoms with E-state index in [9.17, 15) is 14.7 Å². The van der Waals surface area contributed by atoms with E-state index in [4.69, 9.17) is 9.47 Å². The van der Waals surface area contributed by atoms with Crippen molar-refractivity contribution in [3.05, 3.63) is 101 Å². The van der Waals surface area contributed by atoms with E-state index in [2.05, 4.69) is 6.92 Å². The minimum Gasteiger partial charge on any atom is -0.507 e. The van der Waals surface area contributed by atoms with Crippen LogP contribution in [-0.4, -0.2) is 41.0 Å². The highest BCUT2D eigenvalue weighted by atomic mass is 16.5. The van der Waals surface area contributed by atoms with E-state index in [-0.39, 0.29) is 17.4 Å². The van der Waals surface area contributed by atoms with Gasteiger partial charge in [-0.2, -0.15) is 0 Å². The van der Waals surface area contributed by atoms with E-state index in [1.165, 1.54) is 0 Å². The van der Waals surface area contributed by atoms with Crippen LogP contribution in [-0.2, 0) is 22.4 Å². The third kappa shape index (κ3) is 5.70. The summed E-state index contributed by atoms with van der Waals surface area (Å²) in [5.74, 6) is 0.0890. The standard InChI is InChI=1S/C33H35NO5/c1-3-4-8-19-38-27-14-11-24(12-15-27)30-29(31(35)25-13-16-28-26(21-25)20-22(2)39-28)32(36)33(37)34(30)18-17-23-9-6-5-7-10-23/h5-7,9-16,21-22,30,35H,3-4,8,17-20H2,1-2H3/b31-29+/t22-,30+/m0/s1. The predicted molar refractivity (Wildman–Crippen MR) is 151 cm³/mol. The van der Waals surface area contributed by atoms with E-state index < -0.39 is 17.7 Å². The quantitative estimate of drug-likeness (QED) is 0.147. The molecule has 0 aromatic heterocycles. The normalized spacial score (nSPS) is 19.7. The largest absolute Gasteiger partial charge is 0.507 e. The zero-order chi connectivity index (χ0) is 27.4. The molecule has 3 aromatic carbocycles. The summed E-state index contributed by atoms with van der Waals surface area (Å²) in [5.41, 5.74) is 3.42. The van der Waals surface area contributed by atoms with Gasteiger partial charge in [-0.05, 0) is 66.8 Å². The monoisotopic (exact) mass is 525 g/mol. The highest BCUT2D eigenvalue weighted by Gasteiger charge is 2.46. The van der Waals surface area contributed by atoms with E-state index in [0.29, 0.717) is 25.1 Å². The molecule has 1 saturated heterocycles. The summed E-state index contributed by atoms with van der Waals surface area (Å²) in [7, 11) is 0. The van der Waals surface area contributed by atoms with Gasteiger partial charge in [0.25, 0.3) is 11.7 Å². The minimum atomic E-state index is -0.703. The Kier molecular flexibility index (Phi) is 8.01. The van der Waals surface area contributed by atoms with Gasteiger partial charge in [0.1, 0.15) is 23.4 Å². The first-order valence-corrected chi connectivity index (χ1v) is 13.8. The fourth-order valence-electron chi connectivity index (χ4n) is 5.36. The number of fused-ring (bicyclic) bond motifs is 1. The highest BCUT2D eigenvalue weighted by Crippen LogP contribution is 2.41. The summed E-state index contributed by atoms with van der Waals surface area (Å²) >= 11 is 0. The molecule has 6 nitrogen and oxygen atoms in total. The number of hydrogen-bond donors (Lipinski definition) is 1. The van der Waals surface area contributed by atoms with Crippen LogP contribution in [0.15, 0.2) is 78.4 Å². The number of rotatable bonds is 10. The number of carbonyl (C=O) groups is 2. The molecule has 39 heavy (non-hydrogen) atoms. The van der Waals surface area contributed by atoms with Gasteiger partial charge in [0.05, 0.1) is 18.2 Å². The molecule has 202 valence electrons. The maximum Gasteiger partial charge on any atom is 0.295 e. The van der Waals surface area contributed by atoms with Gasteiger partial charge in [0.15, 0.2) is 0 Å². The van der Waals surface area contributed by atoms with E-state index in [0.717, 1.165) is 53.9 Å². The van der Waals surface area contributed by atoms with Crippen LogP contribution in [0.1, 0.15) is 61.4 Å². The van der Waals surface area contributed by atoms with Crippen LogP contribution in [0, 0.1) is 0 Å². The Bertz CT molecular complexity index is 1360. The van der Waals surface area contributed by atoms with Crippen LogP contribution in [0.3, 0.4) is 0 Å². The SMILES string of the molecule is CCCCCOc1ccc([C@@H]2/C(=C(\O)c3ccc4c(c3)C[C@H](C)O4)C(=O)C(=O)N2CCc2ccccc2)cc1. The summed E-state index contributed by atoms with van der Waals surface area (Å²) in [6, 6.07) is 22.1. The van der Waals surface area contributed by atoms with E-state index in [1.807, 2.05) is 73.7 Å². The number of unbranched alkanes of at least 4 members (excludes halogenated alkanes) is 2. The second-order valence-corrected chi connectivity index (χ2v) is 10.3. The first-order valence-electron chi connectivity index (χ1n) is 13.8. The molecule has 0 bridgehead atoms. The van der Waals surface area contributed by atoms with Crippen LogP contribution in [0.2, 0.25) is 0 Å². The lowest BCUT2D eigenvalue weighted by Gasteiger charge is -2.25. The number of benzene rings is 3. The maximum absolute atomic E-state index is 13.4. The van der Waals surface area contributed by atoms with Gasteiger partial charge in [-0.1, -0.05) is 62.2 Å². The zero-order valence-corrected chi connectivity index (χ0v) is 22.6. The van der Waals surface area contributed by atoms with Gasteiger partial charge in [-0.15, -0.1) is 0 Å². The lowest BCUT2D eigenvalue weighted by atomic mass is 9.94. The summed E-state index contributed by atoms with van der Waals surface area (Å²) in [5, 5.41) is 11.5. The van der Waals surface area contributed by atoms with Crippen molar-refractivity contribution >= 4 is 17.4 Å². The number of nitrogens with zero attached hydrogens (tertiary/aromatic N) is 1.